The molecule has 1 unspecified atom stereocenters. The molecule has 2 bridgehead atoms. The van der Waals surface area contributed by atoms with Gasteiger partial charge in [-0.25, -0.2) is 4.21 Å². The summed E-state index contributed by atoms with van der Waals surface area (Å²) in [5.74, 6) is 5.56. The Bertz CT molecular complexity index is 1790. The molecule has 10 heteroatoms. The number of anilines is 1. The van der Waals surface area contributed by atoms with Crippen LogP contribution in [0.15, 0.2) is 48.6 Å². The van der Waals surface area contributed by atoms with E-state index in [1.807, 2.05) is 25.3 Å². The van der Waals surface area contributed by atoms with Gasteiger partial charge in [-0.05, 0) is 124 Å². The smallest absolute Gasteiger partial charge is 0.262 e. The van der Waals surface area contributed by atoms with Crippen molar-refractivity contribution in [3.63, 3.8) is 0 Å². The van der Waals surface area contributed by atoms with Crippen molar-refractivity contribution < 1.29 is 18.5 Å². The first-order chi connectivity index (χ1) is 24.1. The van der Waals surface area contributed by atoms with Crippen molar-refractivity contribution in [1.82, 2.24) is 14.5 Å². The number of amides is 1. The summed E-state index contributed by atoms with van der Waals surface area (Å²) < 4.78 is 30.1. The minimum absolute atomic E-state index is 0.0348. The number of allylic oxidation sites excluding steroid dienone is 1. The average Bonchev–Trinajstić information content (AvgIpc) is 3.20. The summed E-state index contributed by atoms with van der Waals surface area (Å²) >= 11 is 6.51. The van der Waals surface area contributed by atoms with Crippen molar-refractivity contribution in [1.29, 1.82) is 0 Å². The van der Waals surface area contributed by atoms with Crippen LogP contribution in [0, 0.1) is 23.7 Å². The first-order valence-corrected chi connectivity index (χ1v) is 21.0. The Morgan fingerprint density at radius 3 is 2.63 bits per heavy atom. The zero-order valence-corrected chi connectivity index (χ0v) is 33.0. The SMILES string of the molecule is C=S1(=O)C[C@@H](C)[C@@H](C)/C=C/[C@](CN2CC(C)(N(C)C)C2)(OC)[C@@H]2CC[C@H]2CN2C[C@@]3(CCCc4cc(Cl)ccc43)COc3ccc(cc32)C(=O)N1. The molecule has 1 amide bonds. The van der Waals surface area contributed by atoms with Crippen LogP contribution in [0.1, 0.15) is 67.9 Å². The molecule has 5 aliphatic rings. The molecule has 7 atom stereocenters. The molecule has 3 heterocycles. The van der Waals surface area contributed by atoms with Crippen molar-refractivity contribution in [2.75, 3.05) is 71.2 Å². The lowest BCUT2D eigenvalue weighted by atomic mass is 9.63. The van der Waals surface area contributed by atoms with Crippen LogP contribution < -0.4 is 14.4 Å². The number of ether oxygens (including phenoxy) is 2. The second-order valence-corrected chi connectivity index (χ2v) is 19.6. The summed E-state index contributed by atoms with van der Waals surface area (Å²) in [6.07, 6.45) is 9.90. The molecule has 0 aromatic heterocycles. The van der Waals surface area contributed by atoms with Crippen LogP contribution in [0.5, 0.6) is 5.75 Å². The molecule has 1 saturated heterocycles. The lowest BCUT2D eigenvalue weighted by molar-refractivity contribution is -0.120. The highest BCUT2D eigenvalue weighted by atomic mass is 35.5. The molecule has 1 saturated carbocycles. The molecule has 2 aromatic carbocycles. The number of hydrogen-bond donors (Lipinski definition) is 1. The molecule has 51 heavy (non-hydrogen) atoms. The van der Waals surface area contributed by atoms with Crippen LogP contribution in [0.4, 0.5) is 5.69 Å². The number of hydrogen-bond acceptors (Lipinski definition) is 7. The van der Waals surface area contributed by atoms with Gasteiger partial charge in [-0.2, -0.15) is 0 Å². The fourth-order valence-corrected chi connectivity index (χ4v) is 11.4. The Morgan fingerprint density at radius 1 is 1.14 bits per heavy atom. The molecule has 8 nitrogen and oxygen atoms in total. The number of aryl methyl sites for hydroxylation is 1. The van der Waals surface area contributed by atoms with Gasteiger partial charge in [0.1, 0.15) is 11.4 Å². The summed E-state index contributed by atoms with van der Waals surface area (Å²) in [4.78, 5) is 21.1. The predicted octanol–water partition coefficient (Wildman–Crippen LogP) is 6.06. The molecule has 1 N–H and O–H groups in total. The molecule has 3 aliphatic heterocycles. The van der Waals surface area contributed by atoms with E-state index in [1.54, 1.807) is 6.07 Å². The van der Waals surface area contributed by atoms with Crippen LogP contribution in [0.25, 0.3) is 0 Å². The van der Waals surface area contributed by atoms with Crippen molar-refractivity contribution in [2.24, 2.45) is 23.7 Å². The first kappa shape index (κ1) is 36.8. The van der Waals surface area contributed by atoms with Crippen molar-refractivity contribution in [3.8, 4) is 5.75 Å². The Hall–Kier alpha value is -2.56. The summed E-state index contributed by atoms with van der Waals surface area (Å²) in [6.45, 7) is 11.6. The number of likely N-dealkylation sites (N-methyl/N-ethyl adjacent to an activating group) is 1. The molecular weight excluding hydrogens is 680 g/mol. The lowest BCUT2D eigenvalue weighted by Gasteiger charge is -2.57. The van der Waals surface area contributed by atoms with Gasteiger partial charge in [0.2, 0.25) is 0 Å². The van der Waals surface area contributed by atoms with Gasteiger partial charge >= 0.3 is 0 Å². The number of halogens is 1. The normalized spacial score (nSPS) is 35.8. The molecule has 278 valence electrons. The Balaban J connectivity index is 1.30. The monoisotopic (exact) mass is 736 g/mol. The largest absolute Gasteiger partial charge is 0.490 e. The third-order valence-electron chi connectivity index (χ3n) is 13.2. The van der Waals surface area contributed by atoms with Crippen LogP contribution in [-0.2, 0) is 26.3 Å². The molecular formula is C41H57ClN4O4S. The molecule has 2 aliphatic carbocycles. The fraction of sp³-hybridized carbons (Fsp3) is 0.610. The van der Waals surface area contributed by atoms with E-state index in [4.69, 9.17) is 21.1 Å². The van der Waals surface area contributed by atoms with Gasteiger partial charge in [0.25, 0.3) is 5.91 Å². The number of nitrogens with one attached hydrogen (secondary N) is 1. The summed E-state index contributed by atoms with van der Waals surface area (Å²) in [5, 5.41) is 0.768. The second-order valence-electron chi connectivity index (χ2n) is 17.0. The van der Waals surface area contributed by atoms with Gasteiger partial charge in [0, 0.05) is 76.8 Å². The van der Waals surface area contributed by atoms with E-state index in [0.717, 1.165) is 81.3 Å². The highest BCUT2D eigenvalue weighted by molar-refractivity contribution is 7.99. The molecule has 0 radical (unpaired) electrons. The Morgan fingerprint density at radius 2 is 1.92 bits per heavy atom. The van der Waals surface area contributed by atoms with Gasteiger partial charge in [-0.15, -0.1) is 0 Å². The number of carbonyl (C=O) groups is 1. The molecule has 1 spiro atoms. The predicted molar refractivity (Wildman–Crippen MR) is 210 cm³/mol. The second kappa shape index (κ2) is 13.7. The average molecular weight is 737 g/mol. The highest BCUT2D eigenvalue weighted by Crippen LogP contribution is 2.50. The van der Waals surface area contributed by atoms with E-state index in [2.05, 4.69) is 84.4 Å². The van der Waals surface area contributed by atoms with Gasteiger partial charge in [0.05, 0.1) is 12.3 Å². The third kappa shape index (κ3) is 6.98. The number of nitrogens with zero attached hydrogens (tertiary/aromatic N) is 3. The summed E-state index contributed by atoms with van der Waals surface area (Å²) in [5.41, 5.74) is 3.46. The number of rotatable bonds is 4. The zero-order valence-electron chi connectivity index (χ0n) is 31.4. The van der Waals surface area contributed by atoms with Crippen molar-refractivity contribution in [2.45, 2.75) is 69.4 Å². The van der Waals surface area contributed by atoms with Gasteiger partial charge in [-0.1, -0.05) is 43.7 Å². The Kier molecular flexibility index (Phi) is 9.88. The molecule has 2 fully saturated rings. The number of fused-ring (bicyclic) bond motifs is 4. The van der Waals surface area contributed by atoms with Crippen molar-refractivity contribution >= 4 is 38.8 Å². The zero-order chi connectivity index (χ0) is 36.3. The number of likely N-dealkylation sites (tertiary alicyclic amines) is 1. The number of benzene rings is 2. The standard InChI is InChI=1S/C41H57ClN4O4S/c1-28-16-18-41(49-6,26-45-23-39(3,24-45)44(4)5)35-13-10-32(35)21-46-25-40(17-8-9-30-19-33(42)12-14-34(30)40)27-50-37-15-11-31(20-36(37)46)38(47)43-51(7,48)22-29(28)2/h11-12,14-16,18-20,28-29,32,35H,7-10,13,17,21-27H2,1-6H3,(H,43,47,48)/b18-16+/t28-,29+,32-,35+,40-,41+,51?/m0/s1. The van der Waals surface area contributed by atoms with Crippen LogP contribution in [-0.4, -0.2) is 103 Å². The van der Waals surface area contributed by atoms with E-state index < -0.39 is 15.3 Å². The van der Waals surface area contributed by atoms with Gasteiger partial charge < -0.3 is 19.3 Å². The van der Waals surface area contributed by atoms with Crippen LogP contribution in [0.3, 0.4) is 0 Å². The maximum atomic E-state index is 13.8. The highest BCUT2D eigenvalue weighted by Gasteiger charge is 2.52. The Labute approximate surface area is 311 Å². The van der Waals surface area contributed by atoms with E-state index in [-0.39, 0.29) is 34.4 Å². The topological polar surface area (TPSA) is 74.3 Å². The summed E-state index contributed by atoms with van der Waals surface area (Å²) in [6, 6.07) is 12.0. The minimum Gasteiger partial charge on any atom is -0.490 e. The number of carbonyl (C=O) groups excluding carboxylic acids is 1. The minimum atomic E-state index is -2.90. The van der Waals surface area contributed by atoms with Crippen LogP contribution in [0.2, 0.25) is 5.02 Å². The van der Waals surface area contributed by atoms with Gasteiger partial charge in [0.15, 0.2) is 0 Å². The van der Waals surface area contributed by atoms with Crippen molar-refractivity contribution in [3.05, 3.63) is 70.3 Å². The quantitative estimate of drug-likeness (QED) is 0.302. The van der Waals surface area contributed by atoms with Crippen LogP contribution >= 0.6 is 11.6 Å². The first-order valence-electron chi connectivity index (χ1n) is 18.8. The van der Waals surface area contributed by atoms with E-state index in [0.29, 0.717) is 24.0 Å². The van der Waals surface area contributed by atoms with E-state index >= 15 is 0 Å². The fourth-order valence-electron chi connectivity index (χ4n) is 9.56. The maximum absolute atomic E-state index is 13.8. The molecule has 2 aromatic rings. The van der Waals surface area contributed by atoms with Gasteiger partial charge in [-0.3, -0.25) is 14.4 Å². The molecule has 7 rings (SSSR count). The van der Waals surface area contributed by atoms with E-state index in [9.17, 15) is 9.00 Å². The third-order valence-corrected chi connectivity index (χ3v) is 15.1. The number of methoxy groups -OCH3 is 1. The lowest BCUT2D eigenvalue weighted by Crippen LogP contribution is -2.70. The maximum Gasteiger partial charge on any atom is 0.262 e. The van der Waals surface area contributed by atoms with E-state index in [1.165, 1.54) is 11.1 Å². The summed E-state index contributed by atoms with van der Waals surface area (Å²) in [7, 11) is 3.32.